The number of quaternary nitrogens is 1. The van der Waals surface area contributed by atoms with Crippen molar-refractivity contribution in [2.45, 2.75) is 13.0 Å². The van der Waals surface area contributed by atoms with Crippen molar-refractivity contribution in [3.63, 3.8) is 0 Å². The number of hydrogen-bond donors (Lipinski definition) is 3. The monoisotopic (exact) mass is 392 g/mol. The predicted octanol–water partition coefficient (Wildman–Crippen LogP) is 1.83. The Balaban J connectivity index is 1.77. The fourth-order valence-corrected chi connectivity index (χ4v) is 3.74. The number of H-pyrrole nitrogens is 2. The molecular weight excluding hydrogens is 373 g/mol. The maximum Gasteiger partial charge on any atom is 0.348 e. The lowest BCUT2D eigenvalue weighted by atomic mass is 10.2. The highest BCUT2D eigenvalue weighted by molar-refractivity contribution is 5.94. The highest BCUT2D eigenvalue weighted by atomic mass is 19.1. The van der Waals surface area contributed by atoms with E-state index >= 15 is 0 Å². The molecule has 5 rings (SSSR count). The van der Waals surface area contributed by atoms with Crippen LogP contribution in [0, 0.1) is 5.82 Å². The number of aromatic amines is 2. The van der Waals surface area contributed by atoms with Gasteiger partial charge in [0, 0.05) is 47.9 Å². The lowest BCUT2D eigenvalue weighted by Crippen LogP contribution is -2.50. The zero-order chi connectivity index (χ0) is 20.0. The van der Waals surface area contributed by atoms with Crippen LogP contribution in [0.25, 0.3) is 39.0 Å². The molecule has 5 N–H and O–H groups in total. The summed E-state index contributed by atoms with van der Waals surface area (Å²) >= 11 is 0. The summed E-state index contributed by atoms with van der Waals surface area (Å²) in [6, 6.07) is 8.35. The molecule has 5 aromatic rings. The second-order valence-corrected chi connectivity index (χ2v) is 6.87. The van der Waals surface area contributed by atoms with E-state index in [-0.39, 0.29) is 5.82 Å². The van der Waals surface area contributed by atoms with E-state index in [0.29, 0.717) is 22.5 Å². The Kier molecular flexibility index (Phi) is 4.02. The van der Waals surface area contributed by atoms with Crippen LogP contribution in [0.1, 0.15) is 6.42 Å². The summed E-state index contributed by atoms with van der Waals surface area (Å²) < 4.78 is 17.6. The van der Waals surface area contributed by atoms with Crippen molar-refractivity contribution in [1.82, 2.24) is 29.3 Å². The molecule has 1 aromatic carbocycles. The van der Waals surface area contributed by atoms with Crippen molar-refractivity contribution in [3.05, 3.63) is 65.2 Å². The number of benzene rings is 1. The highest BCUT2D eigenvalue weighted by Crippen LogP contribution is 2.31. The molecular formula is C20H19FN7O+. The van der Waals surface area contributed by atoms with Gasteiger partial charge in [-0.2, -0.15) is 5.10 Å². The minimum absolute atomic E-state index is 0.358. The normalized spacial score (nSPS) is 11.7. The number of nitrogens with zero attached hydrogens (tertiary/aromatic N) is 4. The first-order valence-electron chi connectivity index (χ1n) is 9.35. The van der Waals surface area contributed by atoms with Crippen molar-refractivity contribution >= 4 is 21.9 Å². The fraction of sp³-hybridized carbons (Fsp3) is 0.150. The van der Waals surface area contributed by atoms with E-state index in [1.807, 2.05) is 22.9 Å². The molecule has 29 heavy (non-hydrogen) atoms. The average Bonchev–Trinajstić information content (AvgIpc) is 3.41. The van der Waals surface area contributed by atoms with Gasteiger partial charge in [0.1, 0.15) is 11.5 Å². The van der Waals surface area contributed by atoms with E-state index in [2.05, 4.69) is 25.9 Å². The first kappa shape index (κ1) is 17.4. The molecule has 4 heterocycles. The van der Waals surface area contributed by atoms with Gasteiger partial charge in [-0.1, -0.05) is 0 Å². The molecule has 0 amide bonds. The molecule has 8 nitrogen and oxygen atoms in total. The van der Waals surface area contributed by atoms with E-state index in [4.69, 9.17) is 0 Å². The molecule has 0 saturated carbocycles. The number of nitrogens with one attached hydrogen (secondary N) is 2. The van der Waals surface area contributed by atoms with Crippen molar-refractivity contribution in [1.29, 1.82) is 0 Å². The van der Waals surface area contributed by atoms with Crippen LogP contribution in [0.4, 0.5) is 4.39 Å². The molecule has 0 saturated heterocycles. The van der Waals surface area contributed by atoms with Gasteiger partial charge in [0.05, 0.1) is 17.7 Å². The summed E-state index contributed by atoms with van der Waals surface area (Å²) in [4.78, 5) is 20.1. The van der Waals surface area contributed by atoms with E-state index in [1.165, 1.54) is 16.7 Å². The topological polar surface area (TPSA) is 112 Å². The Labute approximate surface area is 163 Å². The Hall–Kier alpha value is -3.72. The van der Waals surface area contributed by atoms with E-state index < -0.39 is 5.69 Å². The van der Waals surface area contributed by atoms with Crippen LogP contribution in [0.5, 0.6) is 0 Å². The van der Waals surface area contributed by atoms with Crippen LogP contribution in [0.2, 0.25) is 0 Å². The summed E-state index contributed by atoms with van der Waals surface area (Å²) in [5, 5.41) is 8.28. The maximum atomic E-state index is 14.1. The van der Waals surface area contributed by atoms with Crippen LogP contribution in [-0.4, -0.2) is 35.8 Å². The first-order chi connectivity index (χ1) is 14.2. The van der Waals surface area contributed by atoms with Crippen LogP contribution in [-0.2, 0) is 6.54 Å². The minimum atomic E-state index is -0.390. The molecule has 4 aromatic heterocycles. The standard InChI is InChI=1S/C20H18FN7O/c21-12-4-5-16-14(9-12)17(11-27(16)8-2-6-22)28-19(25-26-20(28)29)15-10-24-18-13(15)3-1-7-23-18/h1,3-5,7,9-11H,2,6,8,22H2,(H,23,24)(H,26,29)/p+1. The summed E-state index contributed by atoms with van der Waals surface area (Å²) in [7, 11) is 0. The van der Waals surface area contributed by atoms with E-state index in [0.717, 1.165) is 36.0 Å². The fourth-order valence-electron chi connectivity index (χ4n) is 3.74. The van der Waals surface area contributed by atoms with Gasteiger partial charge in [-0.25, -0.2) is 23.8 Å². The van der Waals surface area contributed by atoms with E-state index in [1.54, 1.807) is 18.5 Å². The molecule has 0 atom stereocenters. The number of fused-ring (bicyclic) bond motifs is 2. The number of aryl methyl sites for hydroxylation is 1. The van der Waals surface area contributed by atoms with E-state index in [9.17, 15) is 9.18 Å². The summed E-state index contributed by atoms with van der Waals surface area (Å²) in [6.45, 7) is 1.51. The summed E-state index contributed by atoms with van der Waals surface area (Å²) in [5.41, 5.74) is 6.37. The Bertz CT molecular complexity index is 1390. The third-order valence-corrected chi connectivity index (χ3v) is 5.08. The van der Waals surface area contributed by atoms with Crippen LogP contribution < -0.4 is 11.4 Å². The summed E-state index contributed by atoms with van der Waals surface area (Å²) in [5.74, 6) is 0.0813. The lowest BCUT2D eigenvalue weighted by Gasteiger charge is -2.04. The Morgan fingerprint density at radius 1 is 1.21 bits per heavy atom. The molecule has 0 radical (unpaired) electrons. The number of halogens is 1. The van der Waals surface area contributed by atoms with Gasteiger partial charge in [-0.3, -0.25) is 0 Å². The smallest absolute Gasteiger partial charge is 0.348 e. The van der Waals surface area contributed by atoms with Crippen molar-refractivity contribution in [3.8, 4) is 17.1 Å². The molecule has 0 bridgehead atoms. The molecule has 0 aliphatic rings. The molecule has 0 aliphatic carbocycles. The quantitative estimate of drug-likeness (QED) is 0.424. The van der Waals surface area contributed by atoms with Crippen molar-refractivity contribution < 1.29 is 10.1 Å². The van der Waals surface area contributed by atoms with Crippen LogP contribution in [0.3, 0.4) is 0 Å². The zero-order valence-corrected chi connectivity index (χ0v) is 15.5. The average molecular weight is 392 g/mol. The highest BCUT2D eigenvalue weighted by Gasteiger charge is 2.20. The second-order valence-electron chi connectivity index (χ2n) is 6.87. The number of aromatic nitrogens is 6. The van der Waals surface area contributed by atoms with Crippen molar-refractivity contribution in [2.24, 2.45) is 0 Å². The van der Waals surface area contributed by atoms with Gasteiger partial charge < -0.3 is 15.3 Å². The van der Waals surface area contributed by atoms with Crippen LogP contribution >= 0.6 is 0 Å². The van der Waals surface area contributed by atoms with Gasteiger partial charge in [-0.05, 0) is 30.3 Å². The maximum absolute atomic E-state index is 14.1. The molecule has 0 spiro atoms. The minimum Gasteiger partial charge on any atom is -0.358 e. The Morgan fingerprint density at radius 2 is 2.10 bits per heavy atom. The second kappa shape index (κ2) is 6.71. The van der Waals surface area contributed by atoms with Gasteiger partial charge in [0.25, 0.3) is 0 Å². The lowest BCUT2D eigenvalue weighted by molar-refractivity contribution is -0.368. The molecule has 9 heteroatoms. The third-order valence-electron chi connectivity index (χ3n) is 5.08. The van der Waals surface area contributed by atoms with Gasteiger partial charge in [-0.15, -0.1) is 0 Å². The van der Waals surface area contributed by atoms with Gasteiger partial charge in [0.2, 0.25) is 0 Å². The number of hydrogen-bond acceptors (Lipinski definition) is 3. The van der Waals surface area contributed by atoms with Crippen molar-refractivity contribution in [2.75, 3.05) is 6.54 Å². The zero-order valence-electron chi connectivity index (χ0n) is 15.5. The predicted molar refractivity (Wildman–Crippen MR) is 107 cm³/mol. The largest absolute Gasteiger partial charge is 0.358 e. The summed E-state index contributed by atoms with van der Waals surface area (Å²) in [6.07, 6.45) is 6.21. The number of pyridine rings is 1. The van der Waals surface area contributed by atoms with Gasteiger partial charge >= 0.3 is 5.69 Å². The van der Waals surface area contributed by atoms with Gasteiger partial charge in [0.15, 0.2) is 5.82 Å². The third kappa shape index (κ3) is 2.74. The molecule has 0 fully saturated rings. The number of rotatable bonds is 5. The first-order valence-corrected chi connectivity index (χ1v) is 9.35. The molecule has 0 aliphatic heterocycles. The SMILES string of the molecule is [NH3+]CCCn1cc(-n2c(-c3c[nH]c4ncccc34)n[nH]c2=O)c2cc(F)ccc21. The Morgan fingerprint density at radius 3 is 2.97 bits per heavy atom. The van der Waals surface area contributed by atoms with Crippen LogP contribution in [0.15, 0.2) is 53.7 Å². The molecule has 146 valence electrons. The molecule has 0 unspecified atom stereocenters.